The van der Waals surface area contributed by atoms with Crippen molar-refractivity contribution in [3.63, 3.8) is 0 Å². The monoisotopic (exact) mass is 415 g/mol. The van der Waals surface area contributed by atoms with E-state index in [9.17, 15) is 25.2 Å². The van der Waals surface area contributed by atoms with Gasteiger partial charge in [-0.3, -0.25) is 4.79 Å². The molecule has 0 bridgehead atoms. The molecule has 3 fully saturated rings. The van der Waals surface area contributed by atoms with Crippen LogP contribution in [0.15, 0.2) is 24.5 Å². The molecule has 28 heavy (non-hydrogen) atoms. The highest BCUT2D eigenvalue weighted by Crippen LogP contribution is 2.45. The maximum atomic E-state index is 12.7. The summed E-state index contributed by atoms with van der Waals surface area (Å²) in [7, 11) is 0. The Balaban J connectivity index is 1.52. The van der Waals surface area contributed by atoms with Gasteiger partial charge in [-0.25, -0.2) is 0 Å². The van der Waals surface area contributed by atoms with E-state index in [1.165, 1.54) is 6.26 Å². The Labute approximate surface area is 166 Å². The van der Waals surface area contributed by atoms with Crippen molar-refractivity contribution < 1.29 is 39.4 Å². The fraction of sp³-hybridized carbons (Fsp3) is 0.722. The number of thioether (sulfide) groups is 1. The van der Waals surface area contributed by atoms with Crippen molar-refractivity contribution in [3.05, 3.63) is 24.5 Å². The maximum absolute atomic E-state index is 12.7. The van der Waals surface area contributed by atoms with Crippen LogP contribution < -0.4 is 0 Å². The molecule has 0 radical (unpaired) electrons. The number of hydrogen-bond acceptors (Lipinski definition) is 9. The first-order chi connectivity index (χ1) is 13.5. The first kappa shape index (κ1) is 20.1. The van der Waals surface area contributed by atoms with Crippen molar-refractivity contribution in [1.29, 1.82) is 0 Å². The van der Waals surface area contributed by atoms with Gasteiger partial charge in [-0.05, 0) is 6.42 Å². The molecular weight excluding hydrogens is 390 g/mol. The Bertz CT molecular complexity index is 657. The van der Waals surface area contributed by atoms with Crippen LogP contribution in [0.4, 0.5) is 0 Å². The van der Waals surface area contributed by atoms with Crippen LogP contribution in [0.2, 0.25) is 0 Å². The Morgan fingerprint density at radius 2 is 2.07 bits per heavy atom. The van der Waals surface area contributed by atoms with Crippen LogP contribution in [0.1, 0.15) is 6.42 Å². The zero-order chi connectivity index (χ0) is 20.0. The van der Waals surface area contributed by atoms with Gasteiger partial charge in [-0.1, -0.05) is 6.08 Å². The van der Waals surface area contributed by atoms with E-state index in [4.69, 9.17) is 14.2 Å². The molecule has 0 saturated carbocycles. The van der Waals surface area contributed by atoms with E-state index in [0.29, 0.717) is 5.57 Å². The number of piperidine rings is 1. The number of fused-ring (bicyclic) bond motifs is 2. The van der Waals surface area contributed by atoms with Gasteiger partial charge >= 0.3 is 0 Å². The molecule has 156 valence electrons. The molecule has 4 aliphatic heterocycles. The van der Waals surface area contributed by atoms with Crippen LogP contribution in [0, 0.1) is 11.8 Å². The average molecular weight is 415 g/mol. The highest BCUT2D eigenvalue weighted by Gasteiger charge is 2.50. The lowest BCUT2D eigenvalue weighted by atomic mass is 9.79. The highest BCUT2D eigenvalue weighted by atomic mass is 32.2. The average Bonchev–Trinajstić information content (AvgIpc) is 3.17. The number of nitrogens with zero attached hydrogens (tertiary/aromatic N) is 1. The van der Waals surface area contributed by atoms with E-state index in [2.05, 4.69) is 6.58 Å². The highest BCUT2D eigenvalue weighted by molar-refractivity contribution is 8.00. The van der Waals surface area contributed by atoms with Crippen molar-refractivity contribution in [2.75, 3.05) is 18.9 Å². The number of amides is 1. The van der Waals surface area contributed by atoms with E-state index < -0.39 is 43.6 Å². The topological polar surface area (TPSA) is 129 Å². The van der Waals surface area contributed by atoms with Crippen LogP contribution in [-0.4, -0.2) is 92.5 Å². The molecule has 9 nitrogen and oxygen atoms in total. The summed E-state index contributed by atoms with van der Waals surface area (Å²) in [5, 5.41) is 39.5. The summed E-state index contributed by atoms with van der Waals surface area (Å²) in [5.74, 6) is 0.366. The third-order valence-corrected chi connectivity index (χ3v) is 7.10. The lowest BCUT2D eigenvalue weighted by Crippen LogP contribution is -2.60. The van der Waals surface area contributed by atoms with E-state index in [-0.39, 0.29) is 23.1 Å². The predicted molar refractivity (Wildman–Crippen MR) is 97.6 cm³/mol. The van der Waals surface area contributed by atoms with Gasteiger partial charge in [-0.2, -0.15) is 0 Å². The number of hydrogen-bond donors (Lipinski definition) is 4. The zero-order valence-electron chi connectivity index (χ0n) is 15.2. The van der Waals surface area contributed by atoms with Gasteiger partial charge in [0.15, 0.2) is 6.29 Å². The third kappa shape index (κ3) is 3.26. The second-order valence-corrected chi connectivity index (χ2v) is 8.68. The molecule has 0 aliphatic carbocycles. The third-order valence-electron chi connectivity index (χ3n) is 5.85. The smallest absolute Gasteiger partial charge is 0.254 e. The number of aliphatic hydroxyl groups excluding tert-OH is 4. The minimum Gasteiger partial charge on any atom is -0.471 e. The van der Waals surface area contributed by atoms with Crippen LogP contribution in [0.3, 0.4) is 0 Å². The number of carbonyl (C=O) groups excluding carboxylic acids is 1. The Kier molecular flexibility index (Phi) is 5.71. The SMILES string of the molecule is C=C[C@H]1[C@H](OC2OC(CO)C(O)C(O)C2O)OC=C2C(=O)N3CCS[C@H]3C[C@H]21. The molecule has 4 N–H and O–H groups in total. The van der Waals surface area contributed by atoms with E-state index in [0.717, 1.165) is 18.7 Å². The Hall–Kier alpha value is -1.14. The molecule has 0 aromatic carbocycles. The number of rotatable bonds is 4. The van der Waals surface area contributed by atoms with Crippen molar-refractivity contribution in [2.45, 2.75) is 48.8 Å². The van der Waals surface area contributed by atoms with Gasteiger partial charge in [0.2, 0.25) is 6.29 Å². The second kappa shape index (κ2) is 7.94. The van der Waals surface area contributed by atoms with Crippen LogP contribution >= 0.6 is 11.8 Å². The largest absolute Gasteiger partial charge is 0.471 e. The Morgan fingerprint density at radius 3 is 2.79 bits per heavy atom. The first-order valence-electron chi connectivity index (χ1n) is 9.33. The van der Waals surface area contributed by atoms with Crippen molar-refractivity contribution in [1.82, 2.24) is 4.90 Å². The fourth-order valence-electron chi connectivity index (χ4n) is 4.25. The van der Waals surface area contributed by atoms with Crippen LogP contribution in [0.5, 0.6) is 0 Å². The van der Waals surface area contributed by atoms with Crippen molar-refractivity contribution >= 4 is 17.7 Å². The molecule has 9 atom stereocenters. The number of ether oxygens (including phenoxy) is 3. The molecule has 5 unspecified atom stereocenters. The molecular formula is C18H25NO8S. The first-order valence-corrected chi connectivity index (χ1v) is 10.4. The second-order valence-electron chi connectivity index (χ2n) is 7.39. The van der Waals surface area contributed by atoms with Crippen molar-refractivity contribution in [2.24, 2.45) is 11.8 Å². The standard InChI is InChI=1S/C18H25NO8S/c1-2-8-9-5-12-19(3-4-28-12)16(24)10(9)7-25-17(8)27-18-15(23)14(22)13(21)11(6-20)26-18/h2,7-9,11-15,17-18,20-23H,1,3-6H2/t8-,9+,11?,12+,13?,14?,15?,17+,18?/m1/s1. The molecule has 4 rings (SSSR count). The molecule has 0 spiro atoms. The lowest BCUT2D eigenvalue weighted by molar-refractivity contribution is -0.339. The quantitative estimate of drug-likeness (QED) is 0.417. The summed E-state index contributed by atoms with van der Waals surface area (Å²) in [5.41, 5.74) is 0.581. The molecule has 3 saturated heterocycles. The molecule has 1 amide bonds. The van der Waals surface area contributed by atoms with Crippen molar-refractivity contribution in [3.8, 4) is 0 Å². The molecule has 0 aromatic heterocycles. The fourth-order valence-corrected chi connectivity index (χ4v) is 5.55. The van der Waals surface area contributed by atoms with E-state index in [1.54, 1.807) is 17.8 Å². The summed E-state index contributed by atoms with van der Waals surface area (Å²) >= 11 is 1.75. The molecule has 0 aromatic rings. The van der Waals surface area contributed by atoms with Crippen LogP contribution in [-0.2, 0) is 19.0 Å². The van der Waals surface area contributed by atoms with Gasteiger partial charge in [0.1, 0.15) is 24.4 Å². The van der Waals surface area contributed by atoms with E-state index >= 15 is 0 Å². The van der Waals surface area contributed by atoms with E-state index in [1.807, 2.05) is 4.90 Å². The molecule has 4 heterocycles. The van der Waals surface area contributed by atoms with Gasteiger partial charge in [0, 0.05) is 24.1 Å². The van der Waals surface area contributed by atoms with Gasteiger partial charge < -0.3 is 39.5 Å². The lowest BCUT2D eigenvalue weighted by Gasteiger charge is -2.45. The van der Waals surface area contributed by atoms with Crippen LogP contribution in [0.25, 0.3) is 0 Å². The normalized spacial score (nSPS) is 45.7. The maximum Gasteiger partial charge on any atom is 0.254 e. The minimum absolute atomic E-state index is 0.0376. The molecule has 4 aliphatic rings. The summed E-state index contributed by atoms with van der Waals surface area (Å²) in [4.78, 5) is 14.6. The van der Waals surface area contributed by atoms with Gasteiger partial charge in [0.05, 0.1) is 23.8 Å². The summed E-state index contributed by atoms with van der Waals surface area (Å²) in [6.07, 6.45) is -3.98. The van der Waals surface area contributed by atoms with Gasteiger partial charge in [0.25, 0.3) is 5.91 Å². The zero-order valence-corrected chi connectivity index (χ0v) is 16.0. The number of carbonyl (C=O) groups is 1. The van der Waals surface area contributed by atoms with Gasteiger partial charge in [-0.15, -0.1) is 18.3 Å². The minimum atomic E-state index is -1.53. The summed E-state index contributed by atoms with van der Waals surface area (Å²) in [6.45, 7) is 4.03. The Morgan fingerprint density at radius 1 is 1.29 bits per heavy atom. The predicted octanol–water partition coefficient (Wildman–Crippen LogP) is -1.23. The molecule has 10 heteroatoms. The summed E-state index contributed by atoms with van der Waals surface area (Å²) < 4.78 is 16.8. The number of aliphatic hydroxyl groups is 4. The summed E-state index contributed by atoms with van der Waals surface area (Å²) in [6, 6.07) is 0.